The first-order chi connectivity index (χ1) is 11.2. The van der Waals surface area contributed by atoms with Gasteiger partial charge >= 0.3 is 5.97 Å². The molecule has 1 aromatic carbocycles. The Labute approximate surface area is 138 Å². The first-order valence-electron chi connectivity index (χ1n) is 7.59. The van der Waals surface area contributed by atoms with Crippen molar-refractivity contribution in [2.24, 2.45) is 0 Å². The van der Waals surface area contributed by atoms with E-state index in [9.17, 15) is 9.90 Å². The number of aliphatic carboxylic acids is 1. The summed E-state index contributed by atoms with van der Waals surface area (Å²) >= 11 is 1.61. The van der Waals surface area contributed by atoms with Crippen LogP contribution < -0.4 is 14.8 Å². The number of nitrogens with one attached hydrogen (secondary N) is 1. The molecule has 3 rings (SSSR count). The van der Waals surface area contributed by atoms with Crippen molar-refractivity contribution in [2.75, 3.05) is 13.2 Å². The minimum atomic E-state index is -0.853. The van der Waals surface area contributed by atoms with E-state index in [0.29, 0.717) is 31.9 Å². The summed E-state index contributed by atoms with van der Waals surface area (Å²) in [4.78, 5) is 12.6. The summed E-state index contributed by atoms with van der Waals surface area (Å²) in [5.74, 6) is 0.570. The zero-order chi connectivity index (χ0) is 16.1. The molecule has 6 heteroatoms. The van der Waals surface area contributed by atoms with E-state index in [0.717, 1.165) is 22.6 Å². The summed E-state index contributed by atoms with van der Waals surface area (Å²) < 4.78 is 11.3. The quantitative estimate of drug-likeness (QED) is 0.851. The van der Waals surface area contributed by atoms with Crippen LogP contribution in [0.3, 0.4) is 0 Å². The summed E-state index contributed by atoms with van der Waals surface area (Å²) in [6, 6.07) is 8.95. The van der Waals surface area contributed by atoms with Crippen molar-refractivity contribution < 1.29 is 19.4 Å². The zero-order valence-electron chi connectivity index (χ0n) is 12.7. The largest absolute Gasteiger partial charge is 0.490 e. The standard InChI is InChI=1S/C17H19NO4S/c19-17(20)14(18-11-13-3-1-8-23-13)9-12-4-5-15-16(10-12)22-7-2-6-21-15/h1,3-5,8,10,14,18H,2,6-7,9,11H2,(H,19,20). The SMILES string of the molecule is O=C(O)C(Cc1ccc2c(c1)OCCCO2)NCc1cccs1. The molecule has 0 bridgehead atoms. The summed E-state index contributed by atoms with van der Waals surface area (Å²) in [6.45, 7) is 1.82. The van der Waals surface area contributed by atoms with E-state index in [2.05, 4.69) is 5.32 Å². The van der Waals surface area contributed by atoms with Crippen molar-refractivity contribution in [2.45, 2.75) is 25.4 Å². The molecule has 0 amide bonds. The van der Waals surface area contributed by atoms with Crippen molar-refractivity contribution in [3.8, 4) is 11.5 Å². The zero-order valence-corrected chi connectivity index (χ0v) is 13.5. The van der Waals surface area contributed by atoms with Crippen LogP contribution in [0.25, 0.3) is 0 Å². The molecule has 0 spiro atoms. The van der Waals surface area contributed by atoms with E-state index in [4.69, 9.17) is 9.47 Å². The van der Waals surface area contributed by atoms with E-state index in [1.165, 1.54) is 0 Å². The second kappa shape index (κ2) is 7.48. The van der Waals surface area contributed by atoms with Gasteiger partial charge in [0, 0.05) is 17.8 Å². The molecule has 122 valence electrons. The lowest BCUT2D eigenvalue weighted by atomic mass is 10.1. The molecule has 0 saturated heterocycles. The summed E-state index contributed by atoms with van der Waals surface area (Å²) in [5.41, 5.74) is 0.917. The number of hydrogen-bond donors (Lipinski definition) is 2. The van der Waals surface area contributed by atoms with Crippen LogP contribution in [0.5, 0.6) is 11.5 Å². The predicted octanol–water partition coefficient (Wildman–Crippen LogP) is 2.69. The van der Waals surface area contributed by atoms with Gasteiger partial charge in [0.05, 0.1) is 13.2 Å². The van der Waals surface area contributed by atoms with Gasteiger partial charge in [-0.2, -0.15) is 0 Å². The lowest BCUT2D eigenvalue weighted by Crippen LogP contribution is -2.37. The molecule has 0 fully saturated rings. The van der Waals surface area contributed by atoms with Gasteiger partial charge in [-0.15, -0.1) is 11.3 Å². The van der Waals surface area contributed by atoms with Crippen molar-refractivity contribution in [3.05, 3.63) is 46.2 Å². The fraction of sp³-hybridized carbons (Fsp3) is 0.353. The van der Waals surface area contributed by atoms with E-state index in [-0.39, 0.29) is 0 Å². The molecule has 0 saturated carbocycles. The Morgan fingerprint density at radius 1 is 1.26 bits per heavy atom. The molecule has 1 unspecified atom stereocenters. The van der Waals surface area contributed by atoms with Crippen molar-refractivity contribution >= 4 is 17.3 Å². The molecular formula is C17H19NO4S. The minimum Gasteiger partial charge on any atom is -0.490 e. The molecule has 2 heterocycles. The van der Waals surface area contributed by atoms with E-state index in [1.807, 2.05) is 35.7 Å². The number of thiophene rings is 1. The van der Waals surface area contributed by atoms with E-state index in [1.54, 1.807) is 11.3 Å². The molecule has 1 aliphatic heterocycles. The average molecular weight is 333 g/mol. The fourth-order valence-electron chi connectivity index (χ4n) is 2.45. The molecule has 2 N–H and O–H groups in total. The number of benzene rings is 1. The third-order valence-electron chi connectivity index (χ3n) is 3.65. The van der Waals surface area contributed by atoms with E-state index >= 15 is 0 Å². The van der Waals surface area contributed by atoms with Gasteiger partial charge in [-0.25, -0.2) is 0 Å². The first-order valence-corrected chi connectivity index (χ1v) is 8.47. The van der Waals surface area contributed by atoms with Crippen LogP contribution in [0, 0.1) is 0 Å². The molecular weight excluding hydrogens is 314 g/mol. The second-order valence-electron chi connectivity index (χ2n) is 5.39. The highest BCUT2D eigenvalue weighted by Crippen LogP contribution is 2.30. The summed E-state index contributed by atoms with van der Waals surface area (Å²) in [7, 11) is 0. The minimum absolute atomic E-state index is 0.400. The van der Waals surface area contributed by atoms with Gasteiger partial charge in [-0.3, -0.25) is 10.1 Å². The Kier molecular flexibility index (Phi) is 5.15. The number of carbonyl (C=O) groups is 1. The molecule has 1 atom stereocenters. The third-order valence-corrected chi connectivity index (χ3v) is 4.53. The maximum absolute atomic E-state index is 11.5. The molecule has 5 nitrogen and oxygen atoms in total. The van der Waals surface area contributed by atoms with Crippen LogP contribution in [0.15, 0.2) is 35.7 Å². The molecule has 1 aliphatic rings. The highest BCUT2D eigenvalue weighted by Gasteiger charge is 2.19. The number of fused-ring (bicyclic) bond motifs is 1. The van der Waals surface area contributed by atoms with Gasteiger partial charge in [0.1, 0.15) is 6.04 Å². The summed E-state index contributed by atoms with van der Waals surface area (Å²) in [5, 5.41) is 14.5. The van der Waals surface area contributed by atoms with Crippen LogP contribution in [-0.4, -0.2) is 30.3 Å². The van der Waals surface area contributed by atoms with Gasteiger partial charge in [0.25, 0.3) is 0 Å². The van der Waals surface area contributed by atoms with Crippen LogP contribution >= 0.6 is 11.3 Å². The molecule has 0 aliphatic carbocycles. The lowest BCUT2D eigenvalue weighted by molar-refractivity contribution is -0.139. The Balaban J connectivity index is 1.67. The number of ether oxygens (including phenoxy) is 2. The van der Waals surface area contributed by atoms with Gasteiger partial charge < -0.3 is 14.6 Å². The van der Waals surface area contributed by atoms with Crippen LogP contribution in [-0.2, 0) is 17.8 Å². The fourth-order valence-corrected chi connectivity index (χ4v) is 3.11. The maximum atomic E-state index is 11.5. The predicted molar refractivity (Wildman–Crippen MR) is 88.3 cm³/mol. The highest BCUT2D eigenvalue weighted by atomic mass is 32.1. The van der Waals surface area contributed by atoms with Crippen molar-refractivity contribution in [1.29, 1.82) is 0 Å². The smallest absolute Gasteiger partial charge is 0.321 e. The summed E-state index contributed by atoms with van der Waals surface area (Å²) in [6.07, 6.45) is 1.25. The Morgan fingerprint density at radius 3 is 2.83 bits per heavy atom. The highest BCUT2D eigenvalue weighted by molar-refractivity contribution is 7.09. The molecule has 0 radical (unpaired) electrons. The normalized spacial score (nSPS) is 15.0. The molecule has 1 aromatic heterocycles. The second-order valence-corrected chi connectivity index (χ2v) is 6.42. The third kappa shape index (κ3) is 4.24. The first kappa shape index (κ1) is 15.8. The number of carboxylic acid groups (broad SMARTS) is 1. The monoisotopic (exact) mass is 333 g/mol. The molecule has 2 aromatic rings. The van der Waals surface area contributed by atoms with Crippen molar-refractivity contribution in [1.82, 2.24) is 5.32 Å². The topological polar surface area (TPSA) is 67.8 Å². The van der Waals surface area contributed by atoms with Crippen LogP contribution in [0.1, 0.15) is 16.9 Å². The Morgan fingerprint density at radius 2 is 2.09 bits per heavy atom. The Hall–Kier alpha value is -2.05. The number of rotatable bonds is 6. The average Bonchev–Trinajstić information content (AvgIpc) is 2.95. The van der Waals surface area contributed by atoms with Crippen LogP contribution in [0.2, 0.25) is 0 Å². The molecule has 23 heavy (non-hydrogen) atoms. The van der Waals surface area contributed by atoms with Gasteiger partial charge in [0.2, 0.25) is 0 Å². The number of carboxylic acids is 1. The van der Waals surface area contributed by atoms with Gasteiger partial charge in [0.15, 0.2) is 11.5 Å². The Bertz CT molecular complexity index is 657. The maximum Gasteiger partial charge on any atom is 0.321 e. The van der Waals surface area contributed by atoms with Crippen molar-refractivity contribution in [3.63, 3.8) is 0 Å². The van der Waals surface area contributed by atoms with Gasteiger partial charge in [-0.05, 0) is 35.6 Å². The van der Waals surface area contributed by atoms with Gasteiger partial charge in [-0.1, -0.05) is 12.1 Å². The van der Waals surface area contributed by atoms with E-state index < -0.39 is 12.0 Å². The van der Waals surface area contributed by atoms with Crippen LogP contribution in [0.4, 0.5) is 0 Å². The number of hydrogen-bond acceptors (Lipinski definition) is 5. The lowest BCUT2D eigenvalue weighted by Gasteiger charge is -2.15.